The second-order valence-electron chi connectivity index (χ2n) is 4.05. The maximum atomic E-state index is 12.3. The van der Waals surface area contributed by atoms with Gasteiger partial charge < -0.3 is 10.5 Å². The van der Waals surface area contributed by atoms with Crippen molar-refractivity contribution in [2.24, 2.45) is 10.8 Å². The zero-order valence-electron chi connectivity index (χ0n) is 11.9. The Morgan fingerprint density at radius 3 is 2.36 bits per heavy atom. The Labute approximate surface area is 127 Å². The maximum absolute atomic E-state index is 12.3. The van der Waals surface area contributed by atoms with E-state index in [2.05, 4.69) is 9.84 Å². The lowest BCUT2D eigenvalue weighted by atomic mass is 10.2. The van der Waals surface area contributed by atoms with Gasteiger partial charge in [0.15, 0.2) is 0 Å². The highest BCUT2D eigenvalue weighted by Crippen LogP contribution is 2.15. The fourth-order valence-electron chi connectivity index (χ4n) is 1.42. The number of nitrogens with zero attached hydrogens (tertiary/aromatic N) is 1. The second-order valence-corrected chi connectivity index (χ2v) is 5.85. The van der Waals surface area contributed by atoms with E-state index in [1.807, 2.05) is 5.43 Å². The first-order valence-electron chi connectivity index (χ1n) is 5.98. The number of ether oxygens (including phenoxy) is 1. The first kappa shape index (κ1) is 17.4. The highest BCUT2D eigenvalue weighted by molar-refractivity contribution is 7.94. The van der Waals surface area contributed by atoms with Crippen LogP contribution in [0.15, 0.2) is 51.3 Å². The summed E-state index contributed by atoms with van der Waals surface area (Å²) in [6, 6.07) is 6.58. The van der Waals surface area contributed by atoms with Crippen LogP contribution in [0.5, 0.6) is 0 Å². The summed E-state index contributed by atoms with van der Waals surface area (Å²) < 4.78 is 29.0. The van der Waals surface area contributed by atoms with Gasteiger partial charge in [-0.25, -0.2) is 23.4 Å². The van der Waals surface area contributed by atoms with Crippen LogP contribution in [0.25, 0.3) is 0 Å². The first-order chi connectivity index (χ1) is 10.3. The number of methoxy groups -OCH3 is 1. The number of hydrogen-bond acceptors (Lipinski definition) is 6. The largest absolute Gasteiger partial charge is 0.465 e. The number of carbonyl (C=O) groups is 2. The molecule has 1 aromatic carbocycles. The smallest absolute Gasteiger partial charge is 0.340 e. The van der Waals surface area contributed by atoms with E-state index < -0.39 is 21.8 Å². The molecule has 118 valence electrons. The van der Waals surface area contributed by atoms with Crippen LogP contribution in [0.1, 0.15) is 6.92 Å². The number of nitrogens with two attached hydrogens (primary N) is 1. The minimum absolute atomic E-state index is 0.00654. The molecule has 0 saturated carbocycles. The molecule has 0 heterocycles. The number of nitrogens with one attached hydrogen (secondary N) is 1. The molecule has 0 bridgehead atoms. The minimum Gasteiger partial charge on any atom is -0.465 e. The average molecular weight is 325 g/mol. The normalized spacial score (nSPS) is 12.6. The van der Waals surface area contributed by atoms with E-state index >= 15 is 0 Å². The molecule has 0 aliphatic carbocycles. The Hall–Kier alpha value is -2.68. The Bertz CT molecular complexity index is 723. The van der Waals surface area contributed by atoms with Crippen molar-refractivity contribution in [1.29, 1.82) is 0 Å². The van der Waals surface area contributed by atoms with Crippen molar-refractivity contribution in [2.45, 2.75) is 11.8 Å². The molecule has 0 unspecified atom stereocenters. The van der Waals surface area contributed by atoms with Gasteiger partial charge in [-0.2, -0.15) is 5.10 Å². The van der Waals surface area contributed by atoms with Gasteiger partial charge >= 0.3 is 12.0 Å². The topological polar surface area (TPSA) is 128 Å². The van der Waals surface area contributed by atoms with Crippen molar-refractivity contribution >= 4 is 27.5 Å². The summed E-state index contributed by atoms with van der Waals surface area (Å²) in [6.45, 7) is 1.33. The average Bonchev–Trinajstić information content (AvgIpc) is 2.50. The fraction of sp³-hybridized carbons (Fsp3) is 0.154. The summed E-state index contributed by atoms with van der Waals surface area (Å²) in [5, 5.41) is 4.26. The number of hydrazone groups is 1. The second kappa shape index (κ2) is 7.36. The number of sulfone groups is 1. The number of rotatable bonds is 5. The SMILES string of the molecule is COC(=O)C(=C\S(=O)(=O)c1ccccc1)/C(C)=N/NC(N)=O. The summed E-state index contributed by atoms with van der Waals surface area (Å²) in [5.41, 5.74) is 6.39. The lowest BCUT2D eigenvalue weighted by molar-refractivity contribution is -0.135. The van der Waals surface area contributed by atoms with Crippen molar-refractivity contribution in [3.63, 3.8) is 0 Å². The van der Waals surface area contributed by atoms with E-state index in [-0.39, 0.29) is 16.2 Å². The van der Waals surface area contributed by atoms with Crippen LogP contribution in [0.2, 0.25) is 0 Å². The molecule has 0 radical (unpaired) electrons. The lowest BCUT2D eigenvalue weighted by Gasteiger charge is -2.06. The minimum atomic E-state index is -3.89. The van der Waals surface area contributed by atoms with E-state index in [9.17, 15) is 18.0 Å². The van der Waals surface area contributed by atoms with E-state index in [4.69, 9.17) is 5.73 Å². The molecule has 0 aliphatic heterocycles. The number of esters is 1. The van der Waals surface area contributed by atoms with Gasteiger partial charge in [0, 0.05) is 0 Å². The zero-order valence-corrected chi connectivity index (χ0v) is 12.8. The number of carbonyl (C=O) groups excluding carboxylic acids is 2. The molecule has 0 fully saturated rings. The first-order valence-corrected chi connectivity index (χ1v) is 7.53. The molecular formula is C13H15N3O5S. The highest BCUT2D eigenvalue weighted by Gasteiger charge is 2.20. The van der Waals surface area contributed by atoms with Crippen molar-refractivity contribution in [3.05, 3.63) is 41.3 Å². The van der Waals surface area contributed by atoms with Gasteiger partial charge in [-0.15, -0.1) is 0 Å². The standard InChI is InChI=1S/C13H15N3O5S/c1-9(15-16-13(14)18)11(12(17)21-2)8-22(19,20)10-6-4-3-5-7-10/h3-8H,1-2H3,(H3,14,16,18)/b11-8-,15-9+. The van der Waals surface area contributed by atoms with Crippen LogP contribution in [-0.2, 0) is 19.4 Å². The quantitative estimate of drug-likeness (QED) is 0.354. The van der Waals surface area contributed by atoms with Gasteiger partial charge in [-0.3, -0.25) is 0 Å². The van der Waals surface area contributed by atoms with Crippen molar-refractivity contribution in [3.8, 4) is 0 Å². The molecule has 22 heavy (non-hydrogen) atoms. The van der Waals surface area contributed by atoms with Crippen LogP contribution < -0.4 is 11.2 Å². The van der Waals surface area contributed by atoms with Crippen LogP contribution >= 0.6 is 0 Å². The zero-order chi connectivity index (χ0) is 16.8. The summed E-state index contributed by atoms with van der Waals surface area (Å²) >= 11 is 0. The predicted molar refractivity (Wildman–Crippen MR) is 79.6 cm³/mol. The van der Waals surface area contributed by atoms with E-state index in [1.54, 1.807) is 18.2 Å². The molecule has 0 atom stereocenters. The Balaban J connectivity index is 3.31. The molecule has 0 aromatic heterocycles. The monoisotopic (exact) mass is 325 g/mol. The van der Waals surface area contributed by atoms with Crippen LogP contribution in [0.4, 0.5) is 4.79 Å². The van der Waals surface area contributed by atoms with Crippen molar-refractivity contribution in [2.75, 3.05) is 7.11 Å². The van der Waals surface area contributed by atoms with E-state index in [1.165, 1.54) is 19.1 Å². The van der Waals surface area contributed by atoms with E-state index in [0.717, 1.165) is 12.5 Å². The van der Waals surface area contributed by atoms with Gasteiger partial charge in [0.2, 0.25) is 9.84 Å². The van der Waals surface area contributed by atoms with Gasteiger partial charge in [0.25, 0.3) is 0 Å². The molecular weight excluding hydrogens is 310 g/mol. The molecule has 1 rings (SSSR count). The molecule has 1 aromatic rings. The number of hydrogen-bond donors (Lipinski definition) is 2. The van der Waals surface area contributed by atoms with Gasteiger partial charge in [-0.1, -0.05) is 18.2 Å². The highest BCUT2D eigenvalue weighted by atomic mass is 32.2. The molecule has 3 N–H and O–H groups in total. The number of primary amides is 1. The molecule has 9 heteroatoms. The van der Waals surface area contributed by atoms with Crippen LogP contribution in [-0.4, -0.2) is 33.2 Å². The van der Waals surface area contributed by atoms with Gasteiger partial charge in [0.05, 0.1) is 28.7 Å². The van der Waals surface area contributed by atoms with E-state index in [0.29, 0.717) is 0 Å². The molecule has 0 aliphatic rings. The Kier molecular flexibility index (Phi) is 5.81. The molecule has 0 spiro atoms. The Morgan fingerprint density at radius 2 is 1.86 bits per heavy atom. The third kappa shape index (κ3) is 4.70. The molecule has 8 nitrogen and oxygen atoms in total. The van der Waals surface area contributed by atoms with Crippen LogP contribution in [0.3, 0.4) is 0 Å². The Morgan fingerprint density at radius 1 is 1.27 bits per heavy atom. The van der Waals surface area contributed by atoms with Crippen molar-refractivity contribution in [1.82, 2.24) is 5.43 Å². The summed E-state index contributed by atoms with van der Waals surface area (Å²) in [4.78, 5) is 22.4. The summed E-state index contributed by atoms with van der Waals surface area (Å²) in [5.74, 6) is -0.910. The number of amides is 2. The predicted octanol–water partition coefficient (Wildman–Crippen LogP) is 0.561. The van der Waals surface area contributed by atoms with Crippen molar-refractivity contribution < 1.29 is 22.7 Å². The number of benzene rings is 1. The maximum Gasteiger partial charge on any atom is 0.340 e. The van der Waals surface area contributed by atoms with Gasteiger partial charge in [-0.05, 0) is 19.1 Å². The van der Waals surface area contributed by atoms with Crippen LogP contribution in [0, 0.1) is 0 Å². The lowest BCUT2D eigenvalue weighted by Crippen LogP contribution is -2.26. The summed E-state index contributed by atoms with van der Waals surface area (Å²) in [7, 11) is -2.79. The summed E-state index contributed by atoms with van der Waals surface area (Å²) in [6.07, 6.45) is 0. The fourth-order valence-corrected chi connectivity index (χ4v) is 2.67. The third-order valence-corrected chi connectivity index (χ3v) is 3.95. The number of urea groups is 1. The van der Waals surface area contributed by atoms with Gasteiger partial charge in [0.1, 0.15) is 0 Å². The third-order valence-electron chi connectivity index (χ3n) is 2.47. The molecule has 2 amide bonds. The molecule has 0 saturated heterocycles.